The lowest BCUT2D eigenvalue weighted by molar-refractivity contribution is -0.141. The van der Waals surface area contributed by atoms with Crippen LogP contribution in [0.15, 0.2) is 53.6 Å². The SMILES string of the molecule is C.Fc1ccc(C(Cn2cnc(C(F)(F)F)c2)Nc2ncc(-c3nnc(C(F)F)o3)cn2)cc1. The molecule has 1 atom stereocenters. The van der Waals surface area contributed by atoms with E-state index >= 15 is 0 Å². The maximum absolute atomic E-state index is 13.3. The van der Waals surface area contributed by atoms with Crippen molar-refractivity contribution in [2.45, 2.75) is 32.6 Å². The number of halogens is 6. The van der Waals surface area contributed by atoms with Crippen molar-refractivity contribution in [3.8, 4) is 11.5 Å². The van der Waals surface area contributed by atoms with Crippen molar-refractivity contribution in [1.82, 2.24) is 29.7 Å². The fourth-order valence-electron chi connectivity index (χ4n) is 2.85. The van der Waals surface area contributed by atoms with Crippen LogP contribution in [0.5, 0.6) is 0 Å². The monoisotopic (exact) mass is 485 g/mol. The van der Waals surface area contributed by atoms with Gasteiger partial charge in [0.15, 0.2) is 5.69 Å². The Bertz CT molecular complexity index is 1210. The van der Waals surface area contributed by atoms with Crippen LogP contribution in [-0.2, 0) is 12.7 Å². The van der Waals surface area contributed by atoms with Gasteiger partial charge in [-0.1, -0.05) is 19.6 Å². The Morgan fingerprint density at radius 3 is 2.24 bits per heavy atom. The maximum atomic E-state index is 13.3. The van der Waals surface area contributed by atoms with E-state index in [9.17, 15) is 26.3 Å². The minimum Gasteiger partial charge on any atom is -0.415 e. The van der Waals surface area contributed by atoms with E-state index in [0.717, 1.165) is 12.5 Å². The smallest absolute Gasteiger partial charge is 0.415 e. The zero-order valence-electron chi connectivity index (χ0n) is 16.3. The number of imidazole rings is 1. The van der Waals surface area contributed by atoms with Gasteiger partial charge < -0.3 is 14.3 Å². The number of nitrogens with zero attached hydrogens (tertiary/aromatic N) is 6. The van der Waals surface area contributed by atoms with Crippen molar-refractivity contribution in [1.29, 1.82) is 0 Å². The Hall–Kier alpha value is -3.97. The Morgan fingerprint density at radius 1 is 1.00 bits per heavy atom. The largest absolute Gasteiger partial charge is 0.434 e. The van der Waals surface area contributed by atoms with Gasteiger partial charge in [0.05, 0.1) is 17.9 Å². The molecule has 0 saturated carbocycles. The molecule has 0 saturated heterocycles. The normalized spacial score (nSPS) is 12.4. The minimum absolute atomic E-state index is 0. The number of aromatic nitrogens is 6. The van der Waals surface area contributed by atoms with E-state index in [0.29, 0.717) is 5.56 Å². The molecular formula is C20H17F6N7O. The molecule has 0 radical (unpaired) electrons. The number of benzene rings is 1. The molecule has 8 nitrogen and oxygen atoms in total. The third-order valence-electron chi connectivity index (χ3n) is 4.42. The number of rotatable bonds is 7. The van der Waals surface area contributed by atoms with E-state index in [2.05, 4.69) is 30.5 Å². The minimum atomic E-state index is -4.60. The number of nitrogens with one attached hydrogen (secondary N) is 1. The maximum Gasteiger partial charge on any atom is 0.434 e. The summed E-state index contributed by atoms with van der Waals surface area (Å²) >= 11 is 0. The quantitative estimate of drug-likeness (QED) is 0.355. The molecule has 3 heterocycles. The Kier molecular flexibility index (Phi) is 7.17. The van der Waals surface area contributed by atoms with Gasteiger partial charge in [0.1, 0.15) is 5.82 Å². The van der Waals surface area contributed by atoms with Crippen LogP contribution < -0.4 is 5.32 Å². The standard InChI is InChI=1S/C19H13F6N7O.CH4/c20-12-3-1-10(2-4-12)13(7-32-8-14(28-9-32)19(23,24)25)29-18-26-5-11(6-27-18)16-30-31-17(33-16)15(21)22;/h1-6,8-9,13,15H,7H2,(H,26,27,29);1H4. The lowest BCUT2D eigenvalue weighted by atomic mass is 10.1. The van der Waals surface area contributed by atoms with E-state index in [1.165, 1.54) is 41.2 Å². The molecule has 1 aromatic carbocycles. The summed E-state index contributed by atoms with van der Waals surface area (Å²) in [7, 11) is 0. The zero-order valence-corrected chi connectivity index (χ0v) is 16.3. The van der Waals surface area contributed by atoms with Gasteiger partial charge >= 0.3 is 12.6 Å². The summed E-state index contributed by atoms with van der Waals surface area (Å²) in [5.74, 6) is -1.46. The third-order valence-corrected chi connectivity index (χ3v) is 4.42. The molecule has 0 spiro atoms. The molecule has 0 aliphatic carbocycles. The Labute approximate surface area is 188 Å². The number of hydrogen-bond acceptors (Lipinski definition) is 7. The van der Waals surface area contributed by atoms with Crippen molar-refractivity contribution in [3.05, 3.63) is 72.1 Å². The number of anilines is 1. The van der Waals surface area contributed by atoms with Crippen LogP contribution in [0.4, 0.5) is 32.3 Å². The molecule has 1 unspecified atom stereocenters. The summed E-state index contributed by atoms with van der Waals surface area (Å²) in [5, 5.41) is 9.67. The van der Waals surface area contributed by atoms with Gasteiger partial charge in [-0.2, -0.15) is 22.0 Å². The first-order valence-corrected chi connectivity index (χ1v) is 9.24. The van der Waals surface area contributed by atoms with Gasteiger partial charge in [0.2, 0.25) is 5.95 Å². The van der Waals surface area contributed by atoms with E-state index in [-0.39, 0.29) is 31.4 Å². The van der Waals surface area contributed by atoms with Crippen molar-refractivity contribution < 1.29 is 30.8 Å². The van der Waals surface area contributed by atoms with Gasteiger partial charge in [-0.25, -0.2) is 19.3 Å². The molecule has 3 aromatic heterocycles. The molecule has 0 amide bonds. The van der Waals surface area contributed by atoms with Gasteiger partial charge in [0, 0.05) is 25.1 Å². The Morgan fingerprint density at radius 2 is 1.68 bits per heavy atom. The second kappa shape index (κ2) is 9.89. The predicted molar refractivity (Wildman–Crippen MR) is 107 cm³/mol. The lowest BCUT2D eigenvalue weighted by Crippen LogP contribution is -2.18. The van der Waals surface area contributed by atoms with Crippen LogP contribution in [0.3, 0.4) is 0 Å². The summed E-state index contributed by atoms with van der Waals surface area (Å²) in [6.45, 7) is -0.0127. The van der Waals surface area contributed by atoms with Crippen LogP contribution in [0.2, 0.25) is 0 Å². The molecule has 0 bridgehead atoms. The average molecular weight is 485 g/mol. The molecule has 180 valence electrons. The molecule has 0 aliphatic heterocycles. The van der Waals surface area contributed by atoms with Crippen LogP contribution in [-0.4, -0.2) is 29.7 Å². The second-order valence-corrected chi connectivity index (χ2v) is 6.74. The first-order valence-electron chi connectivity index (χ1n) is 9.24. The first-order chi connectivity index (χ1) is 15.7. The fraction of sp³-hybridized carbons (Fsp3) is 0.250. The van der Waals surface area contributed by atoms with Crippen molar-refractivity contribution in [2.24, 2.45) is 0 Å². The summed E-state index contributed by atoms with van der Waals surface area (Å²) in [5.41, 5.74) is -0.323. The highest BCUT2D eigenvalue weighted by Gasteiger charge is 2.33. The van der Waals surface area contributed by atoms with Crippen LogP contribution >= 0.6 is 0 Å². The third kappa shape index (κ3) is 5.68. The van der Waals surface area contributed by atoms with Crippen molar-refractivity contribution in [2.75, 3.05) is 5.32 Å². The second-order valence-electron chi connectivity index (χ2n) is 6.74. The molecule has 4 rings (SSSR count). The molecule has 0 aliphatic rings. The lowest BCUT2D eigenvalue weighted by Gasteiger charge is -2.20. The summed E-state index contributed by atoms with van der Waals surface area (Å²) < 4.78 is 83.2. The van der Waals surface area contributed by atoms with Gasteiger partial charge in [-0.05, 0) is 17.7 Å². The highest BCUT2D eigenvalue weighted by Crippen LogP contribution is 2.28. The van der Waals surface area contributed by atoms with Gasteiger partial charge in [0.25, 0.3) is 11.8 Å². The Balaban J connectivity index is 0.00000324. The fourth-order valence-corrected chi connectivity index (χ4v) is 2.85. The highest BCUT2D eigenvalue weighted by atomic mass is 19.4. The van der Waals surface area contributed by atoms with Gasteiger partial charge in [-0.15, -0.1) is 10.2 Å². The average Bonchev–Trinajstić information content (AvgIpc) is 3.44. The highest BCUT2D eigenvalue weighted by molar-refractivity contribution is 5.50. The summed E-state index contributed by atoms with van der Waals surface area (Å²) in [4.78, 5) is 11.5. The van der Waals surface area contributed by atoms with E-state index < -0.39 is 36.0 Å². The molecule has 34 heavy (non-hydrogen) atoms. The van der Waals surface area contributed by atoms with Crippen molar-refractivity contribution >= 4 is 5.95 Å². The molecule has 4 aromatic rings. The summed E-state index contributed by atoms with van der Waals surface area (Å²) in [6, 6.07) is 4.68. The molecular weight excluding hydrogens is 468 g/mol. The molecule has 1 N–H and O–H groups in total. The topological polar surface area (TPSA) is 94.6 Å². The van der Waals surface area contributed by atoms with E-state index in [4.69, 9.17) is 4.42 Å². The molecule has 0 fully saturated rings. The molecule has 14 heteroatoms. The number of alkyl halides is 5. The van der Waals surface area contributed by atoms with E-state index in [1.807, 2.05) is 0 Å². The van der Waals surface area contributed by atoms with Crippen LogP contribution in [0.25, 0.3) is 11.5 Å². The van der Waals surface area contributed by atoms with Gasteiger partial charge in [-0.3, -0.25) is 0 Å². The van der Waals surface area contributed by atoms with Crippen LogP contribution in [0, 0.1) is 5.82 Å². The zero-order chi connectivity index (χ0) is 23.6. The van der Waals surface area contributed by atoms with Crippen molar-refractivity contribution in [3.63, 3.8) is 0 Å². The summed E-state index contributed by atoms with van der Waals surface area (Å²) in [6.07, 6.45) is -3.15. The van der Waals surface area contributed by atoms with E-state index in [1.54, 1.807) is 0 Å². The van der Waals surface area contributed by atoms with Crippen LogP contribution in [0.1, 0.15) is 37.0 Å². The predicted octanol–water partition coefficient (Wildman–Crippen LogP) is 5.31. The number of hydrogen-bond donors (Lipinski definition) is 1. The first kappa shape index (κ1) is 24.7.